The molecule has 8 heteroatoms. The van der Waals surface area contributed by atoms with Gasteiger partial charge in [0, 0.05) is 6.42 Å². The van der Waals surface area contributed by atoms with Crippen LogP contribution in [0.4, 0.5) is 0 Å². The quantitative estimate of drug-likeness (QED) is 0.478. The second kappa shape index (κ2) is 3.31. The molecule has 0 aliphatic heterocycles. The second-order valence-corrected chi connectivity index (χ2v) is 3.55. The number of nitrogens with zero attached hydrogens (tertiary/aromatic N) is 2. The zero-order valence-electron chi connectivity index (χ0n) is 7.97. The fourth-order valence-corrected chi connectivity index (χ4v) is 1.40. The van der Waals surface area contributed by atoms with E-state index in [4.69, 9.17) is 11.5 Å². The van der Waals surface area contributed by atoms with E-state index in [2.05, 4.69) is 0 Å². The summed E-state index contributed by atoms with van der Waals surface area (Å²) in [6.07, 6.45) is 0.717. The van der Waals surface area contributed by atoms with Crippen molar-refractivity contribution in [1.29, 1.82) is 0 Å². The van der Waals surface area contributed by atoms with Crippen molar-refractivity contribution in [3.63, 3.8) is 0 Å². The summed E-state index contributed by atoms with van der Waals surface area (Å²) in [5, 5.41) is 21.1. The van der Waals surface area contributed by atoms with E-state index in [0.717, 1.165) is 6.08 Å². The third-order valence-corrected chi connectivity index (χ3v) is 2.14. The topological polar surface area (TPSA) is 138 Å². The number of rotatable bonds is 2. The third-order valence-electron chi connectivity index (χ3n) is 2.14. The molecule has 1 rings (SSSR count). The first kappa shape index (κ1) is 11.1. The summed E-state index contributed by atoms with van der Waals surface area (Å²) in [5.74, 6) is 0. The highest BCUT2D eigenvalue weighted by Crippen LogP contribution is 2.28. The Morgan fingerprint density at radius 3 is 2.33 bits per heavy atom. The molecule has 0 radical (unpaired) electrons. The molecule has 4 N–H and O–H groups in total. The lowest BCUT2D eigenvalue weighted by Crippen LogP contribution is -2.44. The van der Waals surface area contributed by atoms with Crippen LogP contribution in [0.5, 0.6) is 0 Å². The fourth-order valence-electron chi connectivity index (χ4n) is 1.40. The molecule has 0 amide bonds. The van der Waals surface area contributed by atoms with Crippen LogP contribution >= 0.6 is 0 Å². The van der Waals surface area contributed by atoms with Crippen molar-refractivity contribution in [1.82, 2.24) is 0 Å². The van der Waals surface area contributed by atoms with E-state index in [9.17, 15) is 20.2 Å². The van der Waals surface area contributed by atoms with Gasteiger partial charge in [-0.25, -0.2) is 0 Å². The van der Waals surface area contributed by atoms with Crippen molar-refractivity contribution in [3.05, 3.63) is 43.4 Å². The molecule has 1 aliphatic rings. The zero-order chi connectivity index (χ0) is 11.8. The maximum atomic E-state index is 10.6. The van der Waals surface area contributed by atoms with Gasteiger partial charge in [-0.2, -0.15) is 0 Å². The lowest BCUT2D eigenvalue weighted by Gasteiger charge is -2.23. The molecule has 82 valence electrons. The number of allylic oxidation sites excluding steroid dienone is 1. The van der Waals surface area contributed by atoms with Crippen LogP contribution < -0.4 is 11.5 Å². The normalized spacial score (nSPS) is 26.1. The van der Waals surface area contributed by atoms with Crippen LogP contribution in [-0.2, 0) is 0 Å². The Labute approximate surface area is 84.5 Å². The molecule has 0 heterocycles. The molecule has 0 aromatic rings. The van der Waals surface area contributed by atoms with E-state index in [0.29, 0.717) is 0 Å². The Morgan fingerprint density at radius 1 is 1.40 bits per heavy atom. The second-order valence-electron chi connectivity index (χ2n) is 3.55. The first-order valence-corrected chi connectivity index (χ1v) is 4.04. The molecule has 1 aliphatic carbocycles. The molecule has 1 unspecified atom stereocenters. The van der Waals surface area contributed by atoms with Crippen molar-refractivity contribution < 1.29 is 9.85 Å². The van der Waals surface area contributed by atoms with Crippen LogP contribution in [0.2, 0.25) is 0 Å². The molecule has 1 atom stereocenters. The van der Waals surface area contributed by atoms with Gasteiger partial charge in [-0.05, 0) is 6.92 Å². The molecule has 0 aromatic carbocycles. The van der Waals surface area contributed by atoms with Gasteiger partial charge in [0.2, 0.25) is 0 Å². The van der Waals surface area contributed by atoms with Gasteiger partial charge in [-0.15, -0.1) is 0 Å². The van der Waals surface area contributed by atoms with Gasteiger partial charge in [-0.1, -0.05) is 0 Å². The molecule has 0 aromatic heterocycles. The predicted octanol–water partition coefficient (Wildman–Crippen LogP) is -0.285. The SMILES string of the molecule is CC1(N)CC(N)=C([N+](=O)[O-])C=C1[N+](=O)[O-]. The summed E-state index contributed by atoms with van der Waals surface area (Å²) in [6.45, 7) is 1.41. The molecule has 0 spiro atoms. The Bertz CT molecular complexity index is 396. The van der Waals surface area contributed by atoms with Crippen molar-refractivity contribution >= 4 is 0 Å². The number of hydrogen-bond donors (Lipinski definition) is 2. The van der Waals surface area contributed by atoms with Crippen LogP contribution in [0, 0.1) is 20.2 Å². The average Bonchev–Trinajstić information content (AvgIpc) is 1.99. The standard InChI is InChI=1S/C7H10N4O4/c1-7(9)3-4(8)5(10(12)13)2-6(7)11(14)15/h2H,3,8-9H2,1H3. The lowest BCUT2D eigenvalue weighted by molar-refractivity contribution is -0.444. The molecule has 0 saturated heterocycles. The summed E-state index contributed by atoms with van der Waals surface area (Å²) < 4.78 is 0. The first-order valence-electron chi connectivity index (χ1n) is 4.04. The predicted molar refractivity (Wildman–Crippen MR) is 50.5 cm³/mol. The Hall–Kier alpha value is -1.96. The number of hydrogen-bond acceptors (Lipinski definition) is 6. The molecule has 0 bridgehead atoms. The zero-order valence-corrected chi connectivity index (χ0v) is 7.97. The minimum atomic E-state index is -1.27. The van der Waals surface area contributed by atoms with E-state index in [1.807, 2.05) is 0 Å². The molecular formula is C7H10N4O4. The van der Waals surface area contributed by atoms with Crippen molar-refractivity contribution in [3.8, 4) is 0 Å². The highest BCUT2D eigenvalue weighted by atomic mass is 16.6. The Morgan fingerprint density at radius 2 is 1.93 bits per heavy atom. The van der Waals surface area contributed by atoms with E-state index in [1.54, 1.807) is 0 Å². The number of nitrogens with two attached hydrogens (primary N) is 2. The molecular weight excluding hydrogens is 204 g/mol. The Kier molecular flexibility index (Phi) is 2.46. The maximum absolute atomic E-state index is 10.6. The molecule has 0 saturated carbocycles. The molecule has 15 heavy (non-hydrogen) atoms. The molecule has 8 nitrogen and oxygen atoms in total. The monoisotopic (exact) mass is 214 g/mol. The van der Waals surface area contributed by atoms with E-state index in [-0.39, 0.29) is 12.1 Å². The van der Waals surface area contributed by atoms with E-state index < -0.39 is 26.8 Å². The van der Waals surface area contributed by atoms with E-state index in [1.165, 1.54) is 6.92 Å². The van der Waals surface area contributed by atoms with Crippen LogP contribution in [0.15, 0.2) is 23.2 Å². The van der Waals surface area contributed by atoms with Gasteiger partial charge in [-0.3, -0.25) is 20.2 Å². The third kappa shape index (κ3) is 1.94. The minimum Gasteiger partial charge on any atom is -0.396 e. The lowest BCUT2D eigenvalue weighted by atomic mass is 9.88. The first-order chi connectivity index (χ1) is 6.75. The summed E-state index contributed by atoms with van der Waals surface area (Å²) in [4.78, 5) is 19.6. The van der Waals surface area contributed by atoms with Crippen LogP contribution in [0.1, 0.15) is 13.3 Å². The smallest absolute Gasteiger partial charge is 0.294 e. The van der Waals surface area contributed by atoms with Gasteiger partial charge in [0.25, 0.3) is 11.4 Å². The maximum Gasteiger partial charge on any atom is 0.294 e. The van der Waals surface area contributed by atoms with Gasteiger partial charge in [0.05, 0.1) is 21.6 Å². The minimum absolute atomic E-state index is 0.0457. The van der Waals surface area contributed by atoms with Gasteiger partial charge in [0.15, 0.2) is 0 Å². The van der Waals surface area contributed by atoms with Crippen LogP contribution in [-0.4, -0.2) is 15.4 Å². The Balaban J connectivity index is 3.28. The van der Waals surface area contributed by atoms with Gasteiger partial charge < -0.3 is 11.5 Å². The summed E-state index contributed by atoms with van der Waals surface area (Å²) in [6, 6.07) is 0. The highest BCUT2D eigenvalue weighted by molar-refractivity contribution is 5.32. The fraction of sp³-hybridized carbons (Fsp3) is 0.429. The van der Waals surface area contributed by atoms with Gasteiger partial charge >= 0.3 is 0 Å². The van der Waals surface area contributed by atoms with Crippen LogP contribution in [0.3, 0.4) is 0 Å². The van der Waals surface area contributed by atoms with Gasteiger partial charge in [0.1, 0.15) is 5.54 Å². The van der Waals surface area contributed by atoms with Crippen molar-refractivity contribution in [2.75, 3.05) is 0 Å². The largest absolute Gasteiger partial charge is 0.396 e. The molecule has 0 fully saturated rings. The highest BCUT2D eigenvalue weighted by Gasteiger charge is 2.41. The van der Waals surface area contributed by atoms with Crippen LogP contribution in [0.25, 0.3) is 0 Å². The summed E-state index contributed by atoms with van der Waals surface area (Å²) >= 11 is 0. The average molecular weight is 214 g/mol. The van der Waals surface area contributed by atoms with Crippen molar-refractivity contribution in [2.24, 2.45) is 11.5 Å². The number of nitro groups is 2. The van der Waals surface area contributed by atoms with Crippen molar-refractivity contribution in [2.45, 2.75) is 18.9 Å². The van der Waals surface area contributed by atoms with E-state index >= 15 is 0 Å². The summed E-state index contributed by atoms with van der Waals surface area (Å²) in [5.41, 5.74) is 8.87. The summed E-state index contributed by atoms with van der Waals surface area (Å²) in [7, 11) is 0.